The van der Waals surface area contributed by atoms with Crippen molar-refractivity contribution in [2.45, 2.75) is 13.3 Å². The van der Waals surface area contributed by atoms with Crippen LogP contribution in [0.5, 0.6) is 0 Å². The molecule has 0 radical (unpaired) electrons. The maximum absolute atomic E-state index is 11.8. The average molecular weight is 373 g/mol. The first-order valence-electron chi connectivity index (χ1n) is 9.07. The van der Waals surface area contributed by atoms with E-state index in [-0.39, 0.29) is 6.03 Å². The van der Waals surface area contributed by atoms with E-state index in [1.54, 1.807) is 6.07 Å². The van der Waals surface area contributed by atoms with Gasteiger partial charge in [0.2, 0.25) is 5.95 Å². The van der Waals surface area contributed by atoms with Crippen LogP contribution in [-0.2, 0) is 0 Å². The molecule has 0 aliphatic carbocycles. The quantitative estimate of drug-likeness (QED) is 0.651. The van der Waals surface area contributed by atoms with Gasteiger partial charge in [-0.05, 0) is 42.3 Å². The largest absolute Gasteiger partial charge is 0.338 e. The fraction of sp³-hybridized carbons (Fsp3) is 0.200. The Bertz CT molecular complexity index is 1110. The van der Waals surface area contributed by atoms with E-state index in [0.717, 1.165) is 35.3 Å². The van der Waals surface area contributed by atoms with Crippen LogP contribution in [0.1, 0.15) is 18.9 Å². The molecule has 28 heavy (non-hydrogen) atoms. The molecule has 0 saturated heterocycles. The zero-order valence-corrected chi connectivity index (χ0v) is 15.4. The number of anilines is 2. The number of nitriles is 1. The van der Waals surface area contributed by atoms with Crippen molar-refractivity contribution in [1.29, 1.82) is 5.26 Å². The number of carbonyl (C=O) groups excluding carboxylic acids is 1. The van der Waals surface area contributed by atoms with Crippen molar-refractivity contribution in [3.05, 3.63) is 42.0 Å². The van der Waals surface area contributed by atoms with E-state index in [2.05, 4.69) is 31.8 Å². The van der Waals surface area contributed by atoms with Gasteiger partial charge >= 0.3 is 6.03 Å². The summed E-state index contributed by atoms with van der Waals surface area (Å²) in [7, 11) is 0. The lowest BCUT2D eigenvalue weighted by molar-refractivity contribution is 0.252. The maximum atomic E-state index is 11.8. The summed E-state index contributed by atoms with van der Waals surface area (Å²) < 4.78 is 0. The number of hydrazone groups is 1. The first kappa shape index (κ1) is 17.5. The Labute approximate surface area is 161 Å². The molecule has 0 fully saturated rings. The molecule has 0 atom stereocenters. The van der Waals surface area contributed by atoms with Crippen molar-refractivity contribution < 1.29 is 4.79 Å². The number of aromatic amines is 1. The smallest absolute Gasteiger partial charge is 0.321 e. The second-order valence-electron chi connectivity index (χ2n) is 6.36. The van der Waals surface area contributed by atoms with Crippen LogP contribution in [0.3, 0.4) is 0 Å². The number of urea groups is 1. The van der Waals surface area contributed by atoms with Crippen molar-refractivity contribution >= 4 is 34.9 Å². The van der Waals surface area contributed by atoms with E-state index in [9.17, 15) is 10.1 Å². The standard InChI is InChI=1S/C20H19N7O/c1-2-22-20(28)26-19-24-16-10-15(14-6-3-5-13(9-14)12-21)11-17(18(16)25-19)27-8-4-7-23-27/h3,5-7,9-11H,2,4,8H2,1H3,(H3,22,24,25,26,28). The van der Waals surface area contributed by atoms with Crippen LogP contribution in [-0.4, -0.2) is 35.3 Å². The minimum Gasteiger partial charge on any atom is -0.338 e. The lowest BCUT2D eigenvalue weighted by atomic mass is 10.0. The highest BCUT2D eigenvalue weighted by molar-refractivity contribution is 5.97. The number of H-pyrrole nitrogens is 1. The number of imidazole rings is 1. The molecule has 140 valence electrons. The molecule has 0 saturated carbocycles. The molecule has 0 spiro atoms. The van der Waals surface area contributed by atoms with Crippen LogP contribution in [0.2, 0.25) is 0 Å². The van der Waals surface area contributed by atoms with E-state index < -0.39 is 0 Å². The molecular formula is C20H19N7O. The Morgan fingerprint density at radius 2 is 2.21 bits per heavy atom. The molecule has 8 nitrogen and oxygen atoms in total. The molecule has 1 aliphatic rings. The Hall–Kier alpha value is -3.86. The molecule has 1 aromatic heterocycles. The highest BCUT2D eigenvalue weighted by Crippen LogP contribution is 2.34. The highest BCUT2D eigenvalue weighted by Gasteiger charge is 2.18. The fourth-order valence-electron chi connectivity index (χ4n) is 3.18. The third-order valence-corrected chi connectivity index (χ3v) is 4.44. The molecule has 2 aromatic carbocycles. The van der Waals surface area contributed by atoms with Crippen LogP contribution < -0.4 is 15.6 Å². The van der Waals surface area contributed by atoms with Crippen molar-refractivity contribution in [2.24, 2.45) is 5.10 Å². The van der Waals surface area contributed by atoms with Gasteiger partial charge in [0, 0.05) is 25.7 Å². The Balaban J connectivity index is 1.82. The van der Waals surface area contributed by atoms with Gasteiger partial charge in [0.25, 0.3) is 0 Å². The summed E-state index contributed by atoms with van der Waals surface area (Å²) in [5, 5.41) is 20.9. The van der Waals surface area contributed by atoms with Gasteiger partial charge in [0.05, 0.1) is 28.4 Å². The lowest BCUT2D eigenvalue weighted by Gasteiger charge is -2.16. The topological polar surface area (TPSA) is 109 Å². The number of benzene rings is 2. The highest BCUT2D eigenvalue weighted by atomic mass is 16.2. The number of aromatic nitrogens is 2. The zero-order valence-electron chi connectivity index (χ0n) is 15.4. The number of hydrogen-bond donors (Lipinski definition) is 3. The van der Waals surface area contributed by atoms with Gasteiger partial charge in [-0.15, -0.1) is 0 Å². The van der Waals surface area contributed by atoms with E-state index in [1.807, 2.05) is 48.5 Å². The van der Waals surface area contributed by atoms with E-state index in [0.29, 0.717) is 23.6 Å². The van der Waals surface area contributed by atoms with Gasteiger partial charge in [0.15, 0.2) is 0 Å². The van der Waals surface area contributed by atoms with Crippen LogP contribution >= 0.6 is 0 Å². The number of hydrogen-bond acceptors (Lipinski definition) is 5. The molecule has 0 unspecified atom stereocenters. The average Bonchev–Trinajstić information content (AvgIpc) is 3.37. The summed E-state index contributed by atoms with van der Waals surface area (Å²) in [6.45, 7) is 3.15. The number of fused-ring (bicyclic) bond motifs is 1. The van der Waals surface area contributed by atoms with Crippen molar-refractivity contribution in [1.82, 2.24) is 15.3 Å². The van der Waals surface area contributed by atoms with Gasteiger partial charge in [-0.3, -0.25) is 10.3 Å². The normalized spacial score (nSPS) is 12.9. The number of amides is 2. The van der Waals surface area contributed by atoms with Crippen LogP contribution in [0.15, 0.2) is 41.5 Å². The monoisotopic (exact) mass is 373 g/mol. The van der Waals surface area contributed by atoms with Crippen LogP contribution in [0.25, 0.3) is 22.2 Å². The maximum Gasteiger partial charge on any atom is 0.321 e. The Kier molecular flexibility index (Phi) is 4.64. The molecule has 4 rings (SSSR count). The summed E-state index contributed by atoms with van der Waals surface area (Å²) >= 11 is 0. The van der Waals surface area contributed by atoms with Gasteiger partial charge in [0.1, 0.15) is 0 Å². The third-order valence-electron chi connectivity index (χ3n) is 4.44. The molecule has 0 bridgehead atoms. The second-order valence-corrected chi connectivity index (χ2v) is 6.36. The van der Waals surface area contributed by atoms with E-state index in [1.165, 1.54) is 0 Å². The number of carbonyl (C=O) groups is 1. The van der Waals surface area contributed by atoms with E-state index >= 15 is 0 Å². The van der Waals surface area contributed by atoms with Gasteiger partial charge in [-0.1, -0.05) is 12.1 Å². The summed E-state index contributed by atoms with van der Waals surface area (Å²) in [5.74, 6) is 0.369. The lowest BCUT2D eigenvalue weighted by Crippen LogP contribution is -2.28. The number of rotatable bonds is 4. The second kappa shape index (κ2) is 7.40. The summed E-state index contributed by atoms with van der Waals surface area (Å²) in [5.41, 5.74) is 4.83. The Morgan fingerprint density at radius 1 is 1.32 bits per heavy atom. The van der Waals surface area contributed by atoms with Gasteiger partial charge in [-0.25, -0.2) is 9.78 Å². The Morgan fingerprint density at radius 3 is 2.96 bits per heavy atom. The molecule has 2 heterocycles. The molecule has 1 aliphatic heterocycles. The molecule has 8 heteroatoms. The number of nitrogens with one attached hydrogen (secondary N) is 3. The SMILES string of the molecule is CCNC(=O)Nc1nc2cc(-c3cccc(C#N)c3)cc(N3CCC=N3)c2[nH]1. The van der Waals surface area contributed by atoms with Crippen molar-refractivity contribution in [3.8, 4) is 17.2 Å². The predicted molar refractivity (Wildman–Crippen MR) is 109 cm³/mol. The predicted octanol–water partition coefficient (Wildman–Crippen LogP) is 3.44. The summed E-state index contributed by atoms with van der Waals surface area (Å²) in [4.78, 5) is 19.5. The first-order valence-corrected chi connectivity index (χ1v) is 9.07. The van der Waals surface area contributed by atoms with Crippen LogP contribution in [0.4, 0.5) is 16.4 Å². The van der Waals surface area contributed by atoms with Gasteiger partial charge in [-0.2, -0.15) is 10.4 Å². The summed E-state index contributed by atoms with van der Waals surface area (Å²) in [6.07, 6.45) is 2.74. The van der Waals surface area contributed by atoms with Gasteiger partial charge < -0.3 is 10.3 Å². The minimum atomic E-state index is -0.316. The molecule has 2 amide bonds. The van der Waals surface area contributed by atoms with Crippen LogP contribution in [0, 0.1) is 11.3 Å². The fourth-order valence-corrected chi connectivity index (χ4v) is 3.18. The van der Waals surface area contributed by atoms with Crippen molar-refractivity contribution in [3.63, 3.8) is 0 Å². The zero-order chi connectivity index (χ0) is 19.5. The molecule has 3 N–H and O–H groups in total. The summed E-state index contributed by atoms with van der Waals surface area (Å²) in [6, 6.07) is 13.3. The molecular weight excluding hydrogens is 354 g/mol. The first-order chi connectivity index (χ1) is 13.7. The van der Waals surface area contributed by atoms with E-state index in [4.69, 9.17) is 0 Å². The third kappa shape index (κ3) is 3.38. The molecule has 3 aromatic rings. The number of nitrogens with zero attached hydrogens (tertiary/aromatic N) is 4. The minimum absolute atomic E-state index is 0.316. The van der Waals surface area contributed by atoms with Crippen molar-refractivity contribution in [2.75, 3.05) is 23.4 Å².